The third kappa shape index (κ3) is 2.35. The molecule has 57 valence electrons. The van der Waals surface area contributed by atoms with Crippen LogP contribution in [0.25, 0.3) is 0 Å². The summed E-state index contributed by atoms with van der Waals surface area (Å²) in [5.74, 6) is -0.359. The third-order valence-electron chi connectivity index (χ3n) is 1.16. The van der Waals surface area contributed by atoms with Crippen molar-refractivity contribution in [2.24, 2.45) is 0 Å². The van der Waals surface area contributed by atoms with Gasteiger partial charge in [-0.15, -0.1) is 0 Å². The minimum absolute atomic E-state index is 0.359. The molecule has 0 saturated heterocycles. The van der Waals surface area contributed by atoms with Crippen molar-refractivity contribution in [2.45, 2.75) is 0 Å². The van der Waals surface area contributed by atoms with E-state index in [1.807, 2.05) is 6.07 Å². The predicted octanol–water partition coefficient (Wildman–Crippen LogP) is 2.36. The highest BCUT2D eigenvalue weighted by atomic mass is 79.9. The zero-order valence-corrected chi connectivity index (χ0v) is 7.24. The van der Waals surface area contributed by atoms with Gasteiger partial charge < -0.3 is 4.74 Å². The Kier molecular flexibility index (Phi) is 3.11. The summed E-state index contributed by atoms with van der Waals surface area (Å²) in [6, 6.07) is 8.79. The Bertz CT molecular complexity index is 233. The summed E-state index contributed by atoms with van der Waals surface area (Å²) < 4.78 is 4.58. The summed E-state index contributed by atoms with van der Waals surface area (Å²) in [5.41, 5.74) is 1.73. The second-order valence-corrected chi connectivity index (χ2v) is 2.23. The molecule has 0 fully saturated rings. The first-order valence-electron chi connectivity index (χ1n) is 3.02. The van der Waals surface area contributed by atoms with Crippen LogP contribution in [0.15, 0.2) is 30.3 Å². The fraction of sp³-hybridized carbons (Fsp3) is 0. The molecule has 0 unspecified atom stereocenters. The first-order valence-corrected chi connectivity index (χ1v) is 3.94. The van der Waals surface area contributed by atoms with Crippen molar-refractivity contribution in [1.82, 2.24) is 0 Å². The van der Waals surface area contributed by atoms with E-state index in [1.54, 1.807) is 24.3 Å². The fourth-order valence-corrected chi connectivity index (χ4v) is 0.852. The minimum atomic E-state index is -0.359. The average molecular weight is 214 g/mol. The fourth-order valence-electron chi connectivity index (χ4n) is 0.683. The Morgan fingerprint density at radius 2 is 2.00 bits per heavy atom. The molecular weight excluding hydrogens is 208 g/mol. The van der Waals surface area contributed by atoms with E-state index >= 15 is 0 Å². The van der Waals surface area contributed by atoms with Gasteiger partial charge in [0.15, 0.2) is 0 Å². The van der Waals surface area contributed by atoms with Crippen LogP contribution in [0.2, 0.25) is 0 Å². The first kappa shape index (κ1) is 8.27. The van der Waals surface area contributed by atoms with Gasteiger partial charge >= 0.3 is 5.97 Å². The Balaban J connectivity index is 2.69. The van der Waals surface area contributed by atoms with Gasteiger partial charge in [-0.05, 0) is 28.1 Å². The molecule has 0 bridgehead atoms. The monoisotopic (exact) mass is 213 g/mol. The van der Waals surface area contributed by atoms with E-state index < -0.39 is 0 Å². The van der Waals surface area contributed by atoms with E-state index in [-0.39, 0.29) is 5.97 Å². The smallest absolute Gasteiger partial charge is 0.339 e. The van der Waals surface area contributed by atoms with Crippen LogP contribution in [-0.4, -0.2) is 5.97 Å². The molecule has 0 amide bonds. The number of ether oxygens (including phenoxy) is 1. The predicted molar refractivity (Wildman–Crippen MR) is 45.1 cm³/mol. The van der Waals surface area contributed by atoms with Gasteiger partial charge in [-0.2, -0.15) is 0 Å². The Morgan fingerprint density at radius 1 is 1.36 bits per heavy atom. The molecule has 0 aromatic heterocycles. The summed E-state index contributed by atoms with van der Waals surface area (Å²) in [4.78, 5) is 11.0. The molecule has 2 nitrogen and oxygen atoms in total. The van der Waals surface area contributed by atoms with Gasteiger partial charge in [-0.1, -0.05) is 18.2 Å². The Hall–Kier alpha value is -0.830. The molecular formula is C8H6BrO2. The molecule has 1 aromatic rings. The van der Waals surface area contributed by atoms with Crippen LogP contribution in [0.5, 0.6) is 0 Å². The molecule has 0 spiro atoms. The van der Waals surface area contributed by atoms with E-state index in [0.717, 1.165) is 0 Å². The standard InChI is InChI=1S/C8H6BrO2/c9-6-11-8(10)7-4-2-1-3-5-7/h1-6H. The molecule has 11 heavy (non-hydrogen) atoms. The van der Waals surface area contributed by atoms with Gasteiger partial charge in [0.2, 0.25) is 5.52 Å². The third-order valence-corrected chi connectivity index (χ3v) is 1.35. The normalized spacial score (nSPS) is 9.18. The van der Waals surface area contributed by atoms with Crippen LogP contribution in [0.1, 0.15) is 10.4 Å². The number of hydrogen-bond donors (Lipinski definition) is 0. The van der Waals surface area contributed by atoms with Crippen LogP contribution in [0, 0.1) is 5.52 Å². The summed E-state index contributed by atoms with van der Waals surface area (Å²) in [5, 5.41) is 0. The SMILES string of the molecule is O=C(O[CH]Br)c1ccccc1. The van der Waals surface area contributed by atoms with Gasteiger partial charge in [0.1, 0.15) is 0 Å². The first-order chi connectivity index (χ1) is 5.34. The zero-order valence-electron chi connectivity index (χ0n) is 5.66. The van der Waals surface area contributed by atoms with Gasteiger partial charge in [0, 0.05) is 0 Å². The number of esters is 1. The topological polar surface area (TPSA) is 26.3 Å². The van der Waals surface area contributed by atoms with Crippen molar-refractivity contribution in [1.29, 1.82) is 0 Å². The molecule has 1 rings (SSSR count). The van der Waals surface area contributed by atoms with Crippen LogP contribution in [-0.2, 0) is 4.74 Å². The number of halogens is 1. The van der Waals surface area contributed by atoms with E-state index in [0.29, 0.717) is 5.56 Å². The number of hydrogen-bond acceptors (Lipinski definition) is 2. The van der Waals surface area contributed by atoms with Crippen molar-refractivity contribution in [2.75, 3.05) is 0 Å². The second-order valence-electron chi connectivity index (χ2n) is 1.86. The lowest BCUT2D eigenvalue weighted by molar-refractivity contribution is 0.0644. The van der Waals surface area contributed by atoms with Crippen LogP contribution in [0.3, 0.4) is 0 Å². The largest absolute Gasteiger partial charge is 0.442 e. The van der Waals surface area contributed by atoms with Gasteiger partial charge in [-0.3, -0.25) is 0 Å². The highest BCUT2D eigenvalue weighted by molar-refractivity contribution is 9.10. The highest BCUT2D eigenvalue weighted by Crippen LogP contribution is 2.03. The molecule has 0 N–H and O–H groups in total. The lowest BCUT2D eigenvalue weighted by Gasteiger charge is -1.97. The molecule has 0 atom stereocenters. The van der Waals surface area contributed by atoms with Crippen molar-refractivity contribution >= 4 is 21.9 Å². The lowest BCUT2D eigenvalue weighted by atomic mass is 10.2. The molecule has 0 aliphatic heterocycles. The average Bonchev–Trinajstić information content (AvgIpc) is 2.07. The zero-order chi connectivity index (χ0) is 8.10. The quantitative estimate of drug-likeness (QED) is 0.706. The lowest BCUT2D eigenvalue weighted by Crippen LogP contribution is -1.99. The van der Waals surface area contributed by atoms with Crippen molar-refractivity contribution in [3.8, 4) is 0 Å². The van der Waals surface area contributed by atoms with Crippen LogP contribution in [0.4, 0.5) is 0 Å². The van der Waals surface area contributed by atoms with Crippen LogP contribution < -0.4 is 0 Å². The summed E-state index contributed by atoms with van der Waals surface area (Å²) in [6.45, 7) is 0. The summed E-state index contributed by atoms with van der Waals surface area (Å²) in [6.07, 6.45) is 0. The molecule has 3 heteroatoms. The van der Waals surface area contributed by atoms with Crippen molar-refractivity contribution < 1.29 is 9.53 Å². The van der Waals surface area contributed by atoms with Gasteiger partial charge in [0.05, 0.1) is 5.56 Å². The van der Waals surface area contributed by atoms with Crippen LogP contribution >= 0.6 is 15.9 Å². The number of rotatable bonds is 2. The minimum Gasteiger partial charge on any atom is -0.442 e. The molecule has 0 saturated carbocycles. The van der Waals surface area contributed by atoms with E-state index in [9.17, 15) is 4.79 Å². The Morgan fingerprint density at radius 3 is 2.55 bits per heavy atom. The maximum absolute atomic E-state index is 11.0. The summed E-state index contributed by atoms with van der Waals surface area (Å²) in [7, 11) is 0. The van der Waals surface area contributed by atoms with E-state index in [2.05, 4.69) is 20.7 Å². The van der Waals surface area contributed by atoms with Gasteiger partial charge in [0.25, 0.3) is 0 Å². The van der Waals surface area contributed by atoms with Crippen molar-refractivity contribution in [3.05, 3.63) is 41.4 Å². The Labute approximate surface area is 73.3 Å². The van der Waals surface area contributed by atoms with E-state index in [4.69, 9.17) is 0 Å². The summed E-state index contributed by atoms with van der Waals surface area (Å²) >= 11 is 2.88. The highest BCUT2D eigenvalue weighted by Gasteiger charge is 2.03. The van der Waals surface area contributed by atoms with Crippen molar-refractivity contribution in [3.63, 3.8) is 0 Å². The molecule has 1 aromatic carbocycles. The molecule has 0 aliphatic carbocycles. The molecule has 1 radical (unpaired) electrons. The molecule has 0 aliphatic rings. The van der Waals surface area contributed by atoms with E-state index in [1.165, 1.54) is 5.52 Å². The van der Waals surface area contributed by atoms with Gasteiger partial charge in [-0.25, -0.2) is 4.79 Å². The maximum Gasteiger partial charge on any atom is 0.339 e. The number of benzene rings is 1. The maximum atomic E-state index is 11.0. The number of carbonyl (C=O) groups excluding carboxylic acids is 1. The molecule has 0 heterocycles. The number of carbonyl (C=O) groups is 1. The second kappa shape index (κ2) is 4.13.